The molecule has 1 aromatic heterocycles. The Morgan fingerprint density at radius 1 is 1.09 bits per heavy atom. The first-order chi connectivity index (χ1) is 10.8. The highest BCUT2D eigenvalue weighted by Gasteiger charge is 2.32. The van der Waals surface area contributed by atoms with Gasteiger partial charge in [0.15, 0.2) is 0 Å². The second-order valence-corrected chi connectivity index (χ2v) is 5.67. The molecule has 2 aromatic carbocycles. The highest BCUT2D eigenvalue weighted by Crippen LogP contribution is 2.38. The predicted octanol–water partition coefficient (Wildman–Crippen LogP) is 3.19. The molecule has 0 saturated carbocycles. The molecule has 0 saturated heterocycles. The molecule has 110 valence electrons. The minimum atomic E-state index is -0.371. The second-order valence-electron chi connectivity index (χ2n) is 5.67. The highest BCUT2D eigenvalue weighted by atomic mass is 16.2. The zero-order chi connectivity index (χ0) is 15.1. The molecular weight excluding hydrogens is 274 g/mol. The van der Waals surface area contributed by atoms with Gasteiger partial charge in [-0.25, -0.2) is 4.79 Å². The number of nitrogens with one attached hydrogen (secondary N) is 1. The summed E-state index contributed by atoms with van der Waals surface area (Å²) in [6.07, 6.45) is 2.84. The number of fused-ring (bicyclic) bond motifs is 2. The van der Waals surface area contributed by atoms with Gasteiger partial charge in [-0.2, -0.15) is 0 Å². The number of hydrogen-bond donors (Lipinski definition) is 2. The van der Waals surface area contributed by atoms with Crippen LogP contribution in [0.3, 0.4) is 0 Å². The van der Waals surface area contributed by atoms with Crippen molar-refractivity contribution in [3.63, 3.8) is 0 Å². The number of carbonyl (C=O) groups is 1. The summed E-state index contributed by atoms with van der Waals surface area (Å²) >= 11 is 0. The molecule has 1 aliphatic rings. The minimum absolute atomic E-state index is 0.126. The summed E-state index contributed by atoms with van der Waals surface area (Å²) in [5.74, 6) is 0. The van der Waals surface area contributed by atoms with E-state index in [1.807, 2.05) is 36.5 Å². The van der Waals surface area contributed by atoms with E-state index in [4.69, 9.17) is 5.73 Å². The molecule has 0 spiro atoms. The zero-order valence-electron chi connectivity index (χ0n) is 12.1. The normalized spacial score (nSPS) is 17.5. The first kappa shape index (κ1) is 13.0. The van der Waals surface area contributed by atoms with Crippen LogP contribution in [0.15, 0.2) is 54.7 Å². The number of nitrogens with zero attached hydrogens (tertiary/aromatic N) is 1. The molecule has 0 radical (unpaired) electrons. The van der Waals surface area contributed by atoms with E-state index in [0.29, 0.717) is 6.54 Å². The average molecular weight is 291 g/mol. The highest BCUT2D eigenvalue weighted by molar-refractivity contribution is 5.85. The van der Waals surface area contributed by atoms with Gasteiger partial charge >= 0.3 is 6.03 Å². The summed E-state index contributed by atoms with van der Waals surface area (Å²) in [6, 6.07) is 15.9. The van der Waals surface area contributed by atoms with Crippen LogP contribution < -0.4 is 5.73 Å². The first-order valence-corrected chi connectivity index (χ1v) is 7.45. The number of primary amides is 1. The Bertz CT molecular complexity index is 852. The number of amides is 2. The number of aromatic amines is 1. The molecular formula is C18H17N3O. The standard InChI is InChI=1S/C18H17N3O/c19-18(22)21-10-9-12-5-1-2-6-13(12)17(21)15-11-20-16-8-4-3-7-14(15)16/h1-8,11,17,20H,9-10H2,(H2,19,22). The Labute approximate surface area is 128 Å². The number of benzene rings is 2. The predicted molar refractivity (Wildman–Crippen MR) is 86.6 cm³/mol. The Kier molecular flexibility index (Phi) is 2.89. The van der Waals surface area contributed by atoms with Crippen LogP contribution in [0.4, 0.5) is 4.79 Å². The van der Waals surface area contributed by atoms with E-state index in [2.05, 4.69) is 23.2 Å². The summed E-state index contributed by atoms with van der Waals surface area (Å²) in [6.45, 7) is 0.649. The molecule has 1 aliphatic heterocycles. The van der Waals surface area contributed by atoms with E-state index < -0.39 is 0 Å². The molecule has 0 aliphatic carbocycles. The maximum atomic E-state index is 11.9. The van der Waals surface area contributed by atoms with Gasteiger partial charge in [-0.15, -0.1) is 0 Å². The summed E-state index contributed by atoms with van der Waals surface area (Å²) in [7, 11) is 0. The fourth-order valence-corrected chi connectivity index (χ4v) is 3.46. The number of hydrogen-bond acceptors (Lipinski definition) is 1. The van der Waals surface area contributed by atoms with E-state index in [-0.39, 0.29) is 12.1 Å². The van der Waals surface area contributed by atoms with Crippen LogP contribution >= 0.6 is 0 Å². The molecule has 4 rings (SSSR count). The van der Waals surface area contributed by atoms with Gasteiger partial charge in [0.2, 0.25) is 0 Å². The molecule has 1 atom stereocenters. The molecule has 1 unspecified atom stereocenters. The van der Waals surface area contributed by atoms with Crippen LogP contribution in [0.2, 0.25) is 0 Å². The van der Waals surface area contributed by atoms with Gasteiger partial charge < -0.3 is 15.6 Å². The number of aromatic nitrogens is 1. The third-order valence-corrected chi connectivity index (χ3v) is 4.48. The lowest BCUT2D eigenvalue weighted by molar-refractivity contribution is 0.190. The summed E-state index contributed by atoms with van der Waals surface area (Å²) in [5.41, 5.74) is 10.3. The van der Waals surface area contributed by atoms with Crippen molar-refractivity contribution in [2.75, 3.05) is 6.54 Å². The smallest absolute Gasteiger partial charge is 0.315 e. The largest absolute Gasteiger partial charge is 0.361 e. The van der Waals surface area contributed by atoms with Gasteiger partial charge in [0.1, 0.15) is 0 Å². The molecule has 22 heavy (non-hydrogen) atoms. The lowest BCUT2D eigenvalue weighted by Gasteiger charge is -2.36. The van der Waals surface area contributed by atoms with Gasteiger partial charge in [-0.3, -0.25) is 0 Å². The van der Waals surface area contributed by atoms with Gasteiger partial charge in [0.25, 0.3) is 0 Å². The third-order valence-electron chi connectivity index (χ3n) is 4.48. The number of carbonyl (C=O) groups excluding carboxylic acids is 1. The van der Waals surface area contributed by atoms with Crippen molar-refractivity contribution < 1.29 is 4.79 Å². The summed E-state index contributed by atoms with van der Waals surface area (Å²) in [4.78, 5) is 17.0. The lowest BCUT2D eigenvalue weighted by Crippen LogP contribution is -2.43. The number of para-hydroxylation sites is 1. The van der Waals surface area contributed by atoms with E-state index in [1.165, 1.54) is 5.56 Å². The number of nitrogens with two attached hydrogens (primary N) is 1. The van der Waals surface area contributed by atoms with E-state index in [0.717, 1.165) is 28.5 Å². The molecule has 4 heteroatoms. The van der Waals surface area contributed by atoms with Crippen LogP contribution in [0, 0.1) is 0 Å². The summed E-state index contributed by atoms with van der Waals surface area (Å²) < 4.78 is 0. The van der Waals surface area contributed by atoms with Crippen molar-refractivity contribution >= 4 is 16.9 Å². The number of urea groups is 1. The van der Waals surface area contributed by atoms with Crippen molar-refractivity contribution in [2.45, 2.75) is 12.5 Å². The minimum Gasteiger partial charge on any atom is -0.361 e. The molecule has 0 bridgehead atoms. The van der Waals surface area contributed by atoms with Crippen LogP contribution in [-0.2, 0) is 6.42 Å². The Morgan fingerprint density at radius 2 is 1.86 bits per heavy atom. The van der Waals surface area contributed by atoms with Crippen molar-refractivity contribution in [3.8, 4) is 0 Å². The topological polar surface area (TPSA) is 62.1 Å². The van der Waals surface area contributed by atoms with E-state index in [1.54, 1.807) is 4.90 Å². The molecule has 2 amide bonds. The lowest BCUT2D eigenvalue weighted by atomic mass is 9.88. The Hall–Kier alpha value is -2.75. The number of H-pyrrole nitrogens is 1. The maximum Gasteiger partial charge on any atom is 0.315 e. The van der Waals surface area contributed by atoms with Gasteiger partial charge in [0, 0.05) is 29.2 Å². The van der Waals surface area contributed by atoms with Crippen LogP contribution in [0.1, 0.15) is 22.7 Å². The number of rotatable bonds is 1. The third kappa shape index (κ3) is 1.88. The molecule has 3 aromatic rings. The Balaban J connectivity index is 1.94. The molecule has 2 heterocycles. The SMILES string of the molecule is NC(=O)N1CCc2ccccc2C1c1c[nH]c2ccccc12. The van der Waals surface area contributed by atoms with Crippen molar-refractivity contribution in [3.05, 3.63) is 71.4 Å². The molecule has 3 N–H and O–H groups in total. The monoisotopic (exact) mass is 291 g/mol. The fourth-order valence-electron chi connectivity index (χ4n) is 3.46. The first-order valence-electron chi connectivity index (χ1n) is 7.45. The maximum absolute atomic E-state index is 11.9. The van der Waals surface area contributed by atoms with Crippen LogP contribution in [0.25, 0.3) is 10.9 Å². The average Bonchev–Trinajstić information content (AvgIpc) is 2.97. The van der Waals surface area contributed by atoms with Crippen LogP contribution in [0.5, 0.6) is 0 Å². The van der Waals surface area contributed by atoms with Crippen LogP contribution in [-0.4, -0.2) is 22.5 Å². The van der Waals surface area contributed by atoms with Gasteiger partial charge in [-0.1, -0.05) is 42.5 Å². The molecule has 4 nitrogen and oxygen atoms in total. The second kappa shape index (κ2) is 4.91. The van der Waals surface area contributed by atoms with Crippen molar-refractivity contribution in [1.29, 1.82) is 0 Å². The van der Waals surface area contributed by atoms with E-state index >= 15 is 0 Å². The van der Waals surface area contributed by atoms with E-state index in [9.17, 15) is 4.79 Å². The molecule has 0 fully saturated rings. The van der Waals surface area contributed by atoms with Crippen molar-refractivity contribution in [1.82, 2.24) is 9.88 Å². The van der Waals surface area contributed by atoms with Crippen molar-refractivity contribution in [2.24, 2.45) is 5.73 Å². The fraction of sp³-hybridized carbons (Fsp3) is 0.167. The summed E-state index contributed by atoms with van der Waals surface area (Å²) in [5, 5.41) is 1.13. The van der Waals surface area contributed by atoms with Gasteiger partial charge in [-0.05, 0) is 23.6 Å². The quantitative estimate of drug-likeness (QED) is 0.710. The van der Waals surface area contributed by atoms with Gasteiger partial charge in [0.05, 0.1) is 6.04 Å². The zero-order valence-corrected chi connectivity index (χ0v) is 12.1. The Morgan fingerprint density at radius 3 is 2.73 bits per heavy atom.